The van der Waals surface area contributed by atoms with Gasteiger partial charge in [-0.25, -0.2) is 4.79 Å². The first-order valence-electron chi connectivity index (χ1n) is 5.62. The van der Waals surface area contributed by atoms with Crippen LogP contribution in [0.4, 0.5) is 5.69 Å². The Morgan fingerprint density at radius 1 is 1.39 bits per heavy atom. The van der Waals surface area contributed by atoms with Gasteiger partial charge in [0, 0.05) is 23.3 Å². The van der Waals surface area contributed by atoms with Gasteiger partial charge in [0.05, 0.1) is 5.69 Å². The molecule has 0 saturated heterocycles. The zero-order valence-electron chi connectivity index (χ0n) is 10.2. The number of aromatic nitrogens is 1. The van der Waals surface area contributed by atoms with Gasteiger partial charge in [0.25, 0.3) is 0 Å². The van der Waals surface area contributed by atoms with Gasteiger partial charge in [0.1, 0.15) is 4.88 Å². The summed E-state index contributed by atoms with van der Waals surface area (Å²) in [5, 5.41) is 12.4. The molecule has 0 aliphatic heterocycles. The molecule has 0 aromatic carbocycles. The van der Waals surface area contributed by atoms with Crippen molar-refractivity contribution in [2.75, 3.05) is 5.32 Å². The van der Waals surface area contributed by atoms with Crippen LogP contribution in [0, 0.1) is 0 Å². The topological polar surface area (TPSA) is 62.2 Å². The van der Waals surface area contributed by atoms with E-state index in [0.717, 1.165) is 10.4 Å². The van der Waals surface area contributed by atoms with E-state index in [-0.39, 0.29) is 6.04 Å². The second kappa shape index (κ2) is 5.18. The molecule has 4 nitrogen and oxygen atoms in total. The van der Waals surface area contributed by atoms with Gasteiger partial charge >= 0.3 is 5.97 Å². The van der Waals surface area contributed by atoms with E-state index >= 15 is 0 Å². The maximum absolute atomic E-state index is 11.2. The zero-order chi connectivity index (χ0) is 13.1. The molecule has 0 radical (unpaired) electrons. The Morgan fingerprint density at radius 2 is 2.06 bits per heavy atom. The Balaban J connectivity index is 2.42. The van der Waals surface area contributed by atoms with Crippen LogP contribution in [0.25, 0.3) is 10.4 Å². The van der Waals surface area contributed by atoms with Gasteiger partial charge < -0.3 is 10.4 Å². The molecule has 2 rings (SSSR count). The number of hydrogen-bond donors (Lipinski definition) is 2. The van der Waals surface area contributed by atoms with E-state index in [4.69, 9.17) is 0 Å². The van der Waals surface area contributed by atoms with Crippen molar-refractivity contribution in [1.82, 2.24) is 4.98 Å². The summed E-state index contributed by atoms with van der Waals surface area (Å²) < 4.78 is 0. The fourth-order valence-corrected chi connectivity index (χ4v) is 2.59. The Labute approximate surface area is 109 Å². The number of aromatic carboxylic acids is 1. The van der Waals surface area contributed by atoms with E-state index in [0.29, 0.717) is 10.6 Å². The molecule has 0 bridgehead atoms. The van der Waals surface area contributed by atoms with Crippen molar-refractivity contribution in [3.8, 4) is 10.4 Å². The lowest BCUT2D eigenvalue weighted by Crippen LogP contribution is -2.11. The lowest BCUT2D eigenvalue weighted by Gasteiger charge is -2.08. The van der Waals surface area contributed by atoms with Gasteiger partial charge in [-0.15, -0.1) is 11.3 Å². The number of nitrogens with one attached hydrogen (secondary N) is 1. The molecular weight excluding hydrogens is 248 g/mol. The van der Waals surface area contributed by atoms with E-state index in [1.165, 1.54) is 11.3 Å². The van der Waals surface area contributed by atoms with Crippen molar-refractivity contribution in [2.45, 2.75) is 19.9 Å². The van der Waals surface area contributed by atoms with Gasteiger partial charge in [0.2, 0.25) is 0 Å². The third-order valence-electron chi connectivity index (χ3n) is 2.34. The van der Waals surface area contributed by atoms with E-state index in [2.05, 4.69) is 10.3 Å². The minimum absolute atomic E-state index is 0.197. The predicted octanol–water partition coefficient (Wildman–Crippen LogP) is 3.33. The smallest absolute Gasteiger partial charge is 0.348 e. The van der Waals surface area contributed by atoms with E-state index in [9.17, 15) is 9.90 Å². The Bertz CT molecular complexity index is 549. The molecule has 2 aromatic rings. The van der Waals surface area contributed by atoms with Crippen LogP contribution in [0.2, 0.25) is 0 Å². The molecular formula is C13H14N2O2S. The van der Waals surface area contributed by atoms with Crippen molar-refractivity contribution in [1.29, 1.82) is 0 Å². The fourth-order valence-electron chi connectivity index (χ4n) is 1.63. The van der Waals surface area contributed by atoms with Gasteiger partial charge in [-0.1, -0.05) is 0 Å². The minimum Gasteiger partial charge on any atom is -0.477 e. The highest BCUT2D eigenvalue weighted by Gasteiger charge is 2.16. The highest BCUT2D eigenvalue weighted by atomic mass is 32.1. The monoisotopic (exact) mass is 262 g/mol. The van der Waals surface area contributed by atoms with Gasteiger partial charge in [-0.3, -0.25) is 4.98 Å². The molecule has 18 heavy (non-hydrogen) atoms. The van der Waals surface area contributed by atoms with Gasteiger partial charge in [0.15, 0.2) is 0 Å². The molecule has 0 unspecified atom stereocenters. The summed E-state index contributed by atoms with van der Waals surface area (Å²) in [6, 6.07) is 5.82. The molecule has 0 amide bonds. The molecule has 2 heterocycles. The number of pyridine rings is 1. The number of nitrogens with zero attached hydrogens (tertiary/aromatic N) is 1. The molecule has 0 aliphatic carbocycles. The Morgan fingerprint density at radius 3 is 2.61 bits per heavy atom. The molecule has 0 aliphatic rings. The number of carboxylic acids is 1. The first-order chi connectivity index (χ1) is 8.58. The summed E-state index contributed by atoms with van der Waals surface area (Å²) in [6.45, 7) is 3.96. The van der Waals surface area contributed by atoms with Crippen LogP contribution in [-0.2, 0) is 0 Å². The van der Waals surface area contributed by atoms with Gasteiger partial charge in [-0.05, 0) is 37.6 Å². The molecule has 0 fully saturated rings. The summed E-state index contributed by atoms with van der Waals surface area (Å²) in [4.78, 5) is 16.4. The number of carboxylic acid groups (broad SMARTS) is 1. The second-order valence-electron chi connectivity index (χ2n) is 4.19. The maximum Gasteiger partial charge on any atom is 0.348 e. The Kier molecular flexibility index (Phi) is 3.62. The summed E-state index contributed by atoms with van der Waals surface area (Å²) >= 11 is 1.27. The van der Waals surface area contributed by atoms with Crippen molar-refractivity contribution >= 4 is 23.0 Å². The number of rotatable bonds is 4. The number of thiophene rings is 1. The van der Waals surface area contributed by atoms with Crippen LogP contribution >= 0.6 is 11.3 Å². The fraction of sp³-hybridized carbons (Fsp3) is 0.231. The predicted molar refractivity (Wildman–Crippen MR) is 73.3 cm³/mol. The van der Waals surface area contributed by atoms with E-state index in [1.807, 2.05) is 32.0 Å². The standard InChI is InChI=1S/C13H14N2O2S/c1-8(2)15-10-7-11(18-12(10)13(16)17)9-3-5-14-6-4-9/h3-8,15H,1-2H3,(H,16,17). The molecule has 2 aromatic heterocycles. The lowest BCUT2D eigenvalue weighted by atomic mass is 10.2. The minimum atomic E-state index is -0.900. The largest absolute Gasteiger partial charge is 0.477 e. The average Bonchev–Trinajstić information content (AvgIpc) is 2.73. The van der Waals surface area contributed by atoms with E-state index < -0.39 is 5.97 Å². The Hall–Kier alpha value is -1.88. The number of anilines is 1. The third kappa shape index (κ3) is 2.68. The SMILES string of the molecule is CC(C)Nc1cc(-c2ccncc2)sc1C(=O)O. The van der Waals surface area contributed by atoms with Gasteiger partial charge in [-0.2, -0.15) is 0 Å². The molecule has 5 heteroatoms. The van der Waals surface area contributed by atoms with Crippen LogP contribution in [-0.4, -0.2) is 22.1 Å². The van der Waals surface area contributed by atoms with E-state index in [1.54, 1.807) is 12.4 Å². The highest BCUT2D eigenvalue weighted by molar-refractivity contribution is 7.18. The number of hydrogen-bond acceptors (Lipinski definition) is 4. The normalized spacial score (nSPS) is 10.6. The molecule has 94 valence electrons. The van der Waals surface area contributed by atoms with Crippen LogP contribution in [0.3, 0.4) is 0 Å². The highest BCUT2D eigenvalue weighted by Crippen LogP contribution is 2.34. The average molecular weight is 262 g/mol. The summed E-state index contributed by atoms with van der Waals surface area (Å²) in [7, 11) is 0. The quantitative estimate of drug-likeness (QED) is 0.887. The molecule has 2 N–H and O–H groups in total. The van der Waals surface area contributed by atoms with Crippen LogP contribution in [0.1, 0.15) is 23.5 Å². The zero-order valence-corrected chi connectivity index (χ0v) is 11.0. The second-order valence-corrected chi connectivity index (χ2v) is 5.25. The lowest BCUT2D eigenvalue weighted by molar-refractivity contribution is 0.0703. The summed E-state index contributed by atoms with van der Waals surface area (Å²) in [5.41, 5.74) is 1.66. The van der Waals surface area contributed by atoms with Crippen molar-refractivity contribution in [2.24, 2.45) is 0 Å². The van der Waals surface area contributed by atoms with Crippen LogP contribution in [0.15, 0.2) is 30.6 Å². The molecule has 0 saturated carbocycles. The summed E-state index contributed by atoms with van der Waals surface area (Å²) in [6.07, 6.45) is 3.40. The van der Waals surface area contributed by atoms with Crippen LogP contribution < -0.4 is 5.32 Å². The first kappa shape index (κ1) is 12.6. The summed E-state index contributed by atoms with van der Waals surface area (Å²) in [5.74, 6) is -0.900. The van der Waals surface area contributed by atoms with Crippen LogP contribution in [0.5, 0.6) is 0 Å². The third-order valence-corrected chi connectivity index (χ3v) is 3.51. The molecule has 0 atom stereocenters. The van der Waals surface area contributed by atoms with Crippen molar-refractivity contribution in [3.05, 3.63) is 35.5 Å². The van der Waals surface area contributed by atoms with Crippen molar-refractivity contribution in [3.63, 3.8) is 0 Å². The molecule has 0 spiro atoms. The van der Waals surface area contributed by atoms with Crippen molar-refractivity contribution < 1.29 is 9.90 Å². The maximum atomic E-state index is 11.2. The number of carbonyl (C=O) groups is 1. The first-order valence-corrected chi connectivity index (χ1v) is 6.43.